The predicted octanol–water partition coefficient (Wildman–Crippen LogP) is 2.60. The van der Waals surface area contributed by atoms with E-state index in [-0.39, 0.29) is 24.2 Å². The Labute approximate surface area is 167 Å². The maximum Gasteiger partial charge on any atom is 0.260 e. The van der Waals surface area contributed by atoms with Crippen molar-refractivity contribution in [1.29, 1.82) is 0 Å². The maximum absolute atomic E-state index is 13.6. The number of halogens is 1. The SMILES string of the molecule is O=C(COc1ccccc1F)N1CCN(C(=O)Cc2c[nH]c3ccccc23)CC1. The lowest BCUT2D eigenvalue weighted by Crippen LogP contribution is -2.52. The number of amides is 2. The zero-order valence-electron chi connectivity index (χ0n) is 15.9. The summed E-state index contributed by atoms with van der Waals surface area (Å²) in [7, 11) is 0. The van der Waals surface area contributed by atoms with Crippen LogP contribution in [0.2, 0.25) is 0 Å². The molecule has 150 valence electrons. The Balaban J connectivity index is 1.28. The molecule has 1 aliphatic heterocycles. The smallest absolute Gasteiger partial charge is 0.260 e. The molecule has 0 atom stereocenters. The number of para-hydroxylation sites is 2. The van der Waals surface area contributed by atoms with Crippen LogP contribution < -0.4 is 4.74 Å². The molecule has 2 amide bonds. The van der Waals surface area contributed by atoms with Crippen LogP contribution in [-0.4, -0.2) is 59.4 Å². The number of hydrogen-bond acceptors (Lipinski definition) is 3. The molecule has 2 aromatic carbocycles. The summed E-state index contributed by atoms with van der Waals surface area (Å²) in [5.41, 5.74) is 1.99. The van der Waals surface area contributed by atoms with E-state index in [0.29, 0.717) is 32.6 Å². The molecule has 0 radical (unpaired) electrons. The highest BCUT2D eigenvalue weighted by molar-refractivity contribution is 5.89. The summed E-state index contributed by atoms with van der Waals surface area (Å²) in [6.07, 6.45) is 2.21. The van der Waals surface area contributed by atoms with Gasteiger partial charge in [-0.3, -0.25) is 9.59 Å². The first-order valence-electron chi connectivity index (χ1n) is 9.59. The van der Waals surface area contributed by atoms with Gasteiger partial charge < -0.3 is 19.5 Å². The van der Waals surface area contributed by atoms with E-state index in [9.17, 15) is 14.0 Å². The number of fused-ring (bicyclic) bond motifs is 1. The zero-order valence-corrected chi connectivity index (χ0v) is 15.9. The Bertz CT molecular complexity index is 1020. The first-order valence-corrected chi connectivity index (χ1v) is 9.59. The Morgan fingerprint density at radius 2 is 1.59 bits per heavy atom. The highest BCUT2D eigenvalue weighted by atomic mass is 19.1. The number of nitrogens with one attached hydrogen (secondary N) is 1. The molecule has 1 aliphatic rings. The van der Waals surface area contributed by atoms with Crippen molar-refractivity contribution < 1.29 is 18.7 Å². The van der Waals surface area contributed by atoms with Crippen molar-refractivity contribution in [3.8, 4) is 5.75 Å². The number of piperazine rings is 1. The summed E-state index contributed by atoms with van der Waals surface area (Å²) in [5.74, 6) is -0.595. The zero-order chi connectivity index (χ0) is 20.2. The molecule has 2 heterocycles. The molecule has 3 aromatic rings. The number of H-pyrrole nitrogens is 1. The number of nitrogens with zero attached hydrogens (tertiary/aromatic N) is 2. The molecule has 6 nitrogen and oxygen atoms in total. The number of aromatic amines is 1. The maximum atomic E-state index is 13.6. The van der Waals surface area contributed by atoms with Gasteiger partial charge in [0.1, 0.15) is 0 Å². The van der Waals surface area contributed by atoms with E-state index in [4.69, 9.17) is 4.74 Å². The summed E-state index contributed by atoms with van der Waals surface area (Å²) in [5, 5.41) is 1.06. The average Bonchev–Trinajstić information content (AvgIpc) is 3.16. The molecule has 1 aromatic heterocycles. The molecule has 1 fully saturated rings. The third-order valence-corrected chi connectivity index (χ3v) is 5.19. The van der Waals surface area contributed by atoms with Crippen molar-refractivity contribution in [2.75, 3.05) is 32.8 Å². The van der Waals surface area contributed by atoms with E-state index in [2.05, 4.69) is 4.98 Å². The van der Waals surface area contributed by atoms with Crippen LogP contribution in [-0.2, 0) is 16.0 Å². The number of benzene rings is 2. The monoisotopic (exact) mass is 395 g/mol. The third-order valence-electron chi connectivity index (χ3n) is 5.19. The summed E-state index contributed by atoms with van der Waals surface area (Å²) in [6, 6.07) is 13.9. The first kappa shape index (κ1) is 19.0. The van der Waals surface area contributed by atoms with Crippen molar-refractivity contribution in [3.63, 3.8) is 0 Å². The lowest BCUT2D eigenvalue weighted by atomic mass is 10.1. The van der Waals surface area contributed by atoms with Crippen molar-refractivity contribution in [3.05, 3.63) is 66.1 Å². The van der Waals surface area contributed by atoms with Gasteiger partial charge in [0, 0.05) is 43.3 Å². The van der Waals surface area contributed by atoms with E-state index in [1.165, 1.54) is 12.1 Å². The fraction of sp³-hybridized carbons (Fsp3) is 0.273. The first-order chi connectivity index (χ1) is 14.1. The molecule has 0 saturated carbocycles. The number of aromatic nitrogens is 1. The number of carbonyl (C=O) groups excluding carboxylic acids is 2. The van der Waals surface area contributed by atoms with Gasteiger partial charge in [-0.05, 0) is 23.8 Å². The molecular formula is C22H22FN3O3. The fourth-order valence-corrected chi connectivity index (χ4v) is 3.55. The van der Waals surface area contributed by atoms with Crippen molar-refractivity contribution >= 4 is 22.7 Å². The van der Waals surface area contributed by atoms with Gasteiger partial charge in [-0.25, -0.2) is 4.39 Å². The van der Waals surface area contributed by atoms with Crippen LogP contribution in [0.1, 0.15) is 5.56 Å². The Morgan fingerprint density at radius 3 is 2.34 bits per heavy atom. The van der Waals surface area contributed by atoms with Gasteiger partial charge in [-0.1, -0.05) is 30.3 Å². The lowest BCUT2D eigenvalue weighted by Gasteiger charge is -2.34. The molecule has 0 spiro atoms. The van der Waals surface area contributed by atoms with Gasteiger partial charge >= 0.3 is 0 Å². The standard InChI is InChI=1S/C22H22FN3O3/c23-18-6-2-4-8-20(18)29-15-22(28)26-11-9-25(10-12-26)21(27)13-16-14-24-19-7-3-1-5-17(16)19/h1-8,14,24H,9-13,15H2. The van der Waals surface area contributed by atoms with Gasteiger partial charge in [-0.15, -0.1) is 0 Å². The number of rotatable bonds is 5. The third kappa shape index (κ3) is 4.23. The van der Waals surface area contributed by atoms with Crippen LogP contribution in [0.15, 0.2) is 54.7 Å². The summed E-state index contributed by atoms with van der Waals surface area (Å²) in [6.45, 7) is 1.63. The molecule has 1 N–H and O–H groups in total. The minimum atomic E-state index is -0.493. The Morgan fingerprint density at radius 1 is 0.931 bits per heavy atom. The molecule has 0 bridgehead atoms. The lowest BCUT2D eigenvalue weighted by molar-refractivity contribution is -0.140. The number of ether oxygens (including phenoxy) is 1. The molecule has 7 heteroatoms. The second kappa shape index (κ2) is 8.34. The van der Waals surface area contributed by atoms with Crippen LogP contribution in [0.25, 0.3) is 10.9 Å². The number of hydrogen-bond donors (Lipinski definition) is 1. The minimum Gasteiger partial charge on any atom is -0.481 e. The van der Waals surface area contributed by atoms with Gasteiger partial charge in [0.05, 0.1) is 6.42 Å². The Kier molecular flexibility index (Phi) is 5.46. The molecule has 1 saturated heterocycles. The molecule has 4 rings (SSSR count). The van der Waals surface area contributed by atoms with Crippen LogP contribution in [0.3, 0.4) is 0 Å². The van der Waals surface area contributed by atoms with E-state index in [1.54, 1.807) is 21.9 Å². The predicted molar refractivity (Wildman–Crippen MR) is 107 cm³/mol. The molecule has 0 unspecified atom stereocenters. The minimum absolute atomic E-state index is 0.0458. The highest BCUT2D eigenvalue weighted by Gasteiger charge is 2.25. The second-order valence-electron chi connectivity index (χ2n) is 7.02. The second-order valence-corrected chi connectivity index (χ2v) is 7.02. The van der Waals surface area contributed by atoms with Gasteiger partial charge in [-0.2, -0.15) is 0 Å². The van der Waals surface area contributed by atoms with E-state index in [1.807, 2.05) is 30.5 Å². The largest absolute Gasteiger partial charge is 0.481 e. The van der Waals surface area contributed by atoms with Crippen molar-refractivity contribution in [1.82, 2.24) is 14.8 Å². The quantitative estimate of drug-likeness (QED) is 0.722. The van der Waals surface area contributed by atoms with E-state index >= 15 is 0 Å². The summed E-state index contributed by atoms with van der Waals surface area (Å²) < 4.78 is 18.9. The molecule has 29 heavy (non-hydrogen) atoms. The summed E-state index contributed by atoms with van der Waals surface area (Å²) >= 11 is 0. The average molecular weight is 395 g/mol. The van der Waals surface area contributed by atoms with Crippen molar-refractivity contribution in [2.45, 2.75) is 6.42 Å². The van der Waals surface area contributed by atoms with Crippen LogP contribution in [0, 0.1) is 5.82 Å². The summed E-state index contributed by atoms with van der Waals surface area (Å²) in [4.78, 5) is 31.6. The van der Waals surface area contributed by atoms with Crippen LogP contribution in [0.5, 0.6) is 5.75 Å². The topological polar surface area (TPSA) is 65.6 Å². The molecular weight excluding hydrogens is 373 g/mol. The van der Waals surface area contributed by atoms with Gasteiger partial charge in [0.25, 0.3) is 5.91 Å². The van der Waals surface area contributed by atoms with Crippen LogP contribution >= 0.6 is 0 Å². The number of carbonyl (C=O) groups is 2. The molecule has 0 aliphatic carbocycles. The van der Waals surface area contributed by atoms with Crippen LogP contribution in [0.4, 0.5) is 4.39 Å². The van der Waals surface area contributed by atoms with E-state index in [0.717, 1.165) is 16.5 Å². The fourth-order valence-electron chi connectivity index (χ4n) is 3.55. The van der Waals surface area contributed by atoms with Gasteiger partial charge in [0.2, 0.25) is 5.91 Å². The Hall–Kier alpha value is -3.35. The highest BCUT2D eigenvalue weighted by Crippen LogP contribution is 2.19. The van der Waals surface area contributed by atoms with Gasteiger partial charge in [0.15, 0.2) is 18.2 Å². The van der Waals surface area contributed by atoms with E-state index < -0.39 is 5.82 Å². The normalized spacial score (nSPS) is 14.2. The van der Waals surface area contributed by atoms with Crippen molar-refractivity contribution in [2.24, 2.45) is 0 Å².